The SMILES string of the molecule is COCCC1(NC(=O)c2cc(-c3cnc4[nH]ccc4c3)ccn2)CCNCC1. The fourth-order valence-corrected chi connectivity index (χ4v) is 3.78. The summed E-state index contributed by atoms with van der Waals surface area (Å²) in [6.45, 7) is 2.40. The van der Waals surface area contributed by atoms with E-state index in [4.69, 9.17) is 4.74 Å². The van der Waals surface area contributed by atoms with Gasteiger partial charge in [-0.1, -0.05) is 0 Å². The molecule has 3 aromatic heterocycles. The van der Waals surface area contributed by atoms with Crippen LogP contribution in [0.1, 0.15) is 29.8 Å². The number of piperidine rings is 1. The molecule has 7 heteroatoms. The van der Waals surface area contributed by atoms with Crippen molar-refractivity contribution in [3.8, 4) is 11.1 Å². The first-order chi connectivity index (χ1) is 13.7. The first kappa shape index (κ1) is 18.6. The van der Waals surface area contributed by atoms with E-state index in [1.807, 2.05) is 30.6 Å². The molecule has 4 rings (SSSR count). The maximum Gasteiger partial charge on any atom is 0.270 e. The smallest absolute Gasteiger partial charge is 0.270 e. The van der Waals surface area contributed by atoms with Crippen molar-refractivity contribution in [3.63, 3.8) is 0 Å². The van der Waals surface area contributed by atoms with Gasteiger partial charge in [0.25, 0.3) is 5.91 Å². The van der Waals surface area contributed by atoms with Crippen molar-refractivity contribution < 1.29 is 9.53 Å². The van der Waals surface area contributed by atoms with Crippen LogP contribution in [0.3, 0.4) is 0 Å². The van der Waals surface area contributed by atoms with Crippen molar-refractivity contribution in [1.29, 1.82) is 0 Å². The van der Waals surface area contributed by atoms with E-state index in [1.54, 1.807) is 13.3 Å². The van der Waals surface area contributed by atoms with Gasteiger partial charge in [0.05, 0.1) is 0 Å². The van der Waals surface area contributed by atoms with Crippen molar-refractivity contribution in [2.75, 3.05) is 26.8 Å². The van der Waals surface area contributed by atoms with Gasteiger partial charge in [0.1, 0.15) is 11.3 Å². The van der Waals surface area contributed by atoms with E-state index in [9.17, 15) is 4.79 Å². The molecule has 0 radical (unpaired) electrons. The predicted molar refractivity (Wildman–Crippen MR) is 108 cm³/mol. The van der Waals surface area contributed by atoms with Crippen molar-refractivity contribution in [2.24, 2.45) is 0 Å². The van der Waals surface area contributed by atoms with Crippen molar-refractivity contribution in [1.82, 2.24) is 25.6 Å². The lowest BCUT2D eigenvalue weighted by Crippen LogP contribution is -2.55. The van der Waals surface area contributed by atoms with E-state index >= 15 is 0 Å². The Morgan fingerprint density at radius 2 is 2.07 bits per heavy atom. The molecule has 0 atom stereocenters. The van der Waals surface area contributed by atoms with Gasteiger partial charge in [-0.25, -0.2) is 4.98 Å². The van der Waals surface area contributed by atoms with Crippen molar-refractivity contribution in [3.05, 3.63) is 48.5 Å². The standard InChI is InChI=1S/C21H25N5O2/c1-28-11-6-21(4-9-22-10-5-21)26-20(27)18-13-15(2-7-23-18)17-12-16-3-8-24-19(16)25-14-17/h2-3,7-8,12-14,22H,4-6,9-11H2,1H3,(H,24,25)(H,26,27). The highest BCUT2D eigenvalue weighted by atomic mass is 16.5. The van der Waals surface area contributed by atoms with Crippen LogP contribution in [0.15, 0.2) is 42.9 Å². The summed E-state index contributed by atoms with van der Waals surface area (Å²) in [5.74, 6) is -0.143. The number of rotatable bonds is 6. The average Bonchev–Trinajstić information content (AvgIpc) is 3.21. The van der Waals surface area contributed by atoms with Gasteiger partial charge in [-0.15, -0.1) is 0 Å². The molecular weight excluding hydrogens is 354 g/mol. The van der Waals surface area contributed by atoms with Crippen LogP contribution < -0.4 is 10.6 Å². The van der Waals surface area contributed by atoms with Crippen LogP contribution in [-0.4, -0.2) is 53.2 Å². The van der Waals surface area contributed by atoms with Gasteiger partial charge in [-0.05, 0) is 62.2 Å². The number of pyridine rings is 2. The summed E-state index contributed by atoms with van der Waals surface area (Å²) in [5.41, 5.74) is 2.90. The van der Waals surface area contributed by atoms with Crippen LogP contribution in [0.2, 0.25) is 0 Å². The second-order valence-corrected chi connectivity index (χ2v) is 7.30. The van der Waals surface area contributed by atoms with Crippen molar-refractivity contribution >= 4 is 16.9 Å². The number of nitrogens with one attached hydrogen (secondary N) is 3. The van der Waals surface area contributed by atoms with E-state index in [0.29, 0.717) is 12.3 Å². The van der Waals surface area contributed by atoms with E-state index < -0.39 is 0 Å². The minimum atomic E-state index is -0.248. The molecule has 28 heavy (non-hydrogen) atoms. The number of hydrogen-bond acceptors (Lipinski definition) is 5. The number of ether oxygens (including phenoxy) is 1. The summed E-state index contributed by atoms with van der Waals surface area (Å²) in [5, 5.41) is 7.64. The quantitative estimate of drug-likeness (QED) is 0.612. The van der Waals surface area contributed by atoms with Gasteiger partial charge in [-0.3, -0.25) is 9.78 Å². The highest BCUT2D eigenvalue weighted by Gasteiger charge is 2.33. The van der Waals surface area contributed by atoms with Crippen LogP contribution in [-0.2, 0) is 4.74 Å². The van der Waals surface area contributed by atoms with Gasteiger partial charge >= 0.3 is 0 Å². The van der Waals surface area contributed by atoms with Crippen molar-refractivity contribution in [2.45, 2.75) is 24.8 Å². The van der Waals surface area contributed by atoms with E-state index in [1.165, 1.54) is 0 Å². The van der Waals surface area contributed by atoms with Crippen LogP contribution in [0.5, 0.6) is 0 Å². The monoisotopic (exact) mass is 379 g/mol. The third kappa shape index (κ3) is 3.90. The lowest BCUT2D eigenvalue weighted by Gasteiger charge is -2.38. The molecule has 0 aliphatic carbocycles. The first-order valence-corrected chi connectivity index (χ1v) is 9.61. The highest BCUT2D eigenvalue weighted by molar-refractivity contribution is 5.94. The Labute approximate surface area is 163 Å². The number of H-pyrrole nitrogens is 1. The number of aromatic amines is 1. The van der Waals surface area contributed by atoms with Gasteiger partial charge in [0.2, 0.25) is 0 Å². The normalized spacial score (nSPS) is 16.2. The minimum absolute atomic E-state index is 0.143. The summed E-state index contributed by atoms with van der Waals surface area (Å²) < 4.78 is 5.27. The number of carbonyl (C=O) groups is 1. The number of methoxy groups -OCH3 is 1. The van der Waals surface area contributed by atoms with E-state index in [0.717, 1.165) is 54.5 Å². The molecule has 3 N–H and O–H groups in total. The zero-order chi connectivity index (χ0) is 19.4. The summed E-state index contributed by atoms with van der Waals surface area (Å²) in [6.07, 6.45) is 7.92. The number of hydrogen-bond donors (Lipinski definition) is 3. The lowest BCUT2D eigenvalue weighted by molar-refractivity contribution is 0.0815. The summed E-state index contributed by atoms with van der Waals surface area (Å²) >= 11 is 0. The summed E-state index contributed by atoms with van der Waals surface area (Å²) in [7, 11) is 1.69. The summed E-state index contributed by atoms with van der Waals surface area (Å²) in [6, 6.07) is 7.77. The Balaban J connectivity index is 1.56. The molecule has 0 unspecified atom stereocenters. The number of aromatic nitrogens is 3. The fraction of sp³-hybridized carbons (Fsp3) is 0.381. The van der Waals surface area contributed by atoms with Crippen LogP contribution in [0, 0.1) is 0 Å². The molecule has 7 nitrogen and oxygen atoms in total. The minimum Gasteiger partial charge on any atom is -0.385 e. The topological polar surface area (TPSA) is 91.9 Å². The Morgan fingerprint density at radius 1 is 1.21 bits per heavy atom. The molecule has 0 saturated carbocycles. The molecule has 4 heterocycles. The molecule has 1 aliphatic heterocycles. The average molecular weight is 379 g/mol. The molecule has 1 amide bonds. The molecule has 1 aliphatic rings. The Hall–Kier alpha value is -2.77. The molecule has 0 aromatic carbocycles. The molecule has 1 fully saturated rings. The summed E-state index contributed by atoms with van der Waals surface area (Å²) in [4.78, 5) is 24.8. The zero-order valence-corrected chi connectivity index (χ0v) is 16.0. The van der Waals surface area contributed by atoms with Crippen LogP contribution in [0.25, 0.3) is 22.2 Å². The zero-order valence-electron chi connectivity index (χ0n) is 16.0. The lowest BCUT2D eigenvalue weighted by atomic mass is 9.85. The second kappa shape index (κ2) is 8.08. The number of fused-ring (bicyclic) bond motifs is 1. The molecule has 0 bridgehead atoms. The predicted octanol–water partition coefficient (Wildman–Crippen LogP) is 2.51. The number of carbonyl (C=O) groups excluding carboxylic acids is 1. The second-order valence-electron chi connectivity index (χ2n) is 7.30. The Bertz CT molecular complexity index is 962. The Morgan fingerprint density at radius 3 is 2.89 bits per heavy atom. The maximum atomic E-state index is 13.0. The number of amides is 1. The van der Waals surface area contributed by atoms with Crippen LogP contribution >= 0.6 is 0 Å². The first-order valence-electron chi connectivity index (χ1n) is 9.61. The Kier molecular flexibility index (Phi) is 5.36. The molecular formula is C21H25N5O2. The van der Waals surface area contributed by atoms with E-state index in [2.05, 4.69) is 31.7 Å². The molecule has 146 valence electrons. The maximum absolute atomic E-state index is 13.0. The highest BCUT2D eigenvalue weighted by Crippen LogP contribution is 2.25. The fourth-order valence-electron chi connectivity index (χ4n) is 3.78. The van der Waals surface area contributed by atoms with Gasteiger partial charge < -0.3 is 20.4 Å². The van der Waals surface area contributed by atoms with Gasteiger partial charge in [0, 0.05) is 48.8 Å². The molecule has 1 saturated heterocycles. The van der Waals surface area contributed by atoms with Crippen LogP contribution in [0.4, 0.5) is 0 Å². The largest absolute Gasteiger partial charge is 0.385 e. The molecule has 0 spiro atoms. The third-order valence-corrected chi connectivity index (χ3v) is 5.45. The van der Waals surface area contributed by atoms with Gasteiger partial charge in [0.15, 0.2) is 0 Å². The number of nitrogens with zero attached hydrogens (tertiary/aromatic N) is 2. The van der Waals surface area contributed by atoms with Gasteiger partial charge in [-0.2, -0.15) is 0 Å². The third-order valence-electron chi connectivity index (χ3n) is 5.45. The van der Waals surface area contributed by atoms with E-state index in [-0.39, 0.29) is 11.4 Å². The molecule has 3 aromatic rings.